The van der Waals surface area contributed by atoms with Gasteiger partial charge in [-0.05, 0) is 18.6 Å². The van der Waals surface area contributed by atoms with Crippen LogP contribution in [0.2, 0.25) is 0 Å². The van der Waals surface area contributed by atoms with E-state index in [2.05, 4.69) is 15.3 Å². The number of nitrogens with one attached hydrogen (secondary N) is 1. The van der Waals surface area contributed by atoms with Crippen LogP contribution in [-0.4, -0.2) is 40.4 Å². The maximum absolute atomic E-state index is 11.8. The van der Waals surface area contributed by atoms with Crippen molar-refractivity contribution in [3.05, 3.63) is 30.6 Å². The number of aromatic nitrogens is 2. The first-order valence-electron chi connectivity index (χ1n) is 7.35. The molecule has 1 aliphatic rings. The van der Waals surface area contributed by atoms with E-state index in [0.717, 1.165) is 29.5 Å². The number of carbonyl (C=O) groups is 1. The number of rotatable bonds is 2. The fraction of sp³-hybridized carbons (Fsp3) is 0.312. The van der Waals surface area contributed by atoms with E-state index < -0.39 is 0 Å². The number of amides is 1. The van der Waals surface area contributed by atoms with E-state index in [0.29, 0.717) is 17.8 Å². The number of nitrogens with zero attached hydrogens (tertiary/aromatic N) is 3. The molecule has 1 amide bonds. The molecule has 1 aliphatic heterocycles. The molecule has 4 rings (SSSR count). The lowest BCUT2D eigenvalue weighted by Crippen LogP contribution is -2.41. The van der Waals surface area contributed by atoms with Crippen LogP contribution in [0.25, 0.3) is 22.1 Å². The van der Waals surface area contributed by atoms with Gasteiger partial charge in [-0.25, -0.2) is 9.97 Å². The molecular weight excluding hydrogens is 280 g/mol. The summed E-state index contributed by atoms with van der Waals surface area (Å²) in [5.41, 5.74) is 2.24. The van der Waals surface area contributed by atoms with Crippen molar-refractivity contribution in [2.75, 3.05) is 18.9 Å². The van der Waals surface area contributed by atoms with Crippen molar-refractivity contribution in [2.45, 2.75) is 18.9 Å². The van der Waals surface area contributed by atoms with Gasteiger partial charge in [0.05, 0.1) is 0 Å². The minimum Gasteiger partial charge on any atom is -0.450 e. The molecule has 2 aromatic heterocycles. The molecule has 0 saturated carbocycles. The third kappa shape index (κ3) is 2.07. The van der Waals surface area contributed by atoms with E-state index in [1.807, 2.05) is 31.3 Å². The number of anilines is 1. The summed E-state index contributed by atoms with van der Waals surface area (Å²) in [6.07, 6.45) is 2.90. The number of benzene rings is 1. The number of carbonyl (C=O) groups excluding carboxylic acids is 1. The lowest BCUT2D eigenvalue weighted by Gasteiger charge is -2.29. The molecule has 3 heterocycles. The smallest absolute Gasteiger partial charge is 0.224 e. The van der Waals surface area contributed by atoms with Crippen LogP contribution >= 0.6 is 0 Å². The van der Waals surface area contributed by atoms with Crippen LogP contribution in [0.3, 0.4) is 0 Å². The maximum atomic E-state index is 11.8. The fourth-order valence-corrected chi connectivity index (χ4v) is 2.89. The molecule has 6 nitrogen and oxygen atoms in total. The van der Waals surface area contributed by atoms with Gasteiger partial charge in [-0.15, -0.1) is 0 Å². The maximum Gasteiger partial charge on any atom is 0.224 e. The van der Waals surface area contributed by atoms with Gasteiger partial charge >= 0.3 is 0 Å². The molecule has 0 spiro atoms. The highest BCUT2D eigenvalue weighted by Crippen LogP contribution is 2.31. The van der Waals surface area contributed by atoms with E-state index >= 15 is 0 Å². The third-order valence-electron chi connectivity index (χ3n) is 4.16. The predicted octanol–water partition coefficient (Wildman–Crippen LogP) is 2.41. The summed E-state index contributed by atoms with van der Waals surface area (Å²) in [7, 11) is 1.83. The fourth-order valence-electron chi connectivity index (χ4n) is 2.89. The zero-order chi connectivity index (χ0) is 15.1. The first-order valence-corrected chi connectivity index (χ1v) is 7.35. The lowest BCUT2D eigenvalue weighted by atomic mass is 10.0. The Bertz CT molecular complexity index is 858. The Morgan fingerprint density at radius 1 is 1.32 bits per heavy atom. The minimum absolute atomic E-state index is 0.0787. The third-order valence-corrected chi connectivity index (χ3v) is 4.16. The monoisotopic (exact) mass is 296 g/mol. The molecule has 112 valence electrons. The summed E-state index contributed by atoms with van der Waals surface area (Å²) in [6, 6.07) is 7.87. The molecule has 6 heteroatoms. The van der Waals surface area contributed by atoms with Crippen LogP contribution in [0.15, 0.2) is 35.0 Å². The zero-order valence-electron chi connectivity index (χ0n) is 12.2. The summed E-state index contributed by atoms with van der Waals surface area (Å²) < 4.78 is 5.89. The molecule has 1 fully saturated rings. The van der Waals surface area contributed by atoms with Gasteiger partial charge in [0.25, 0.3) is 0 Å². The molecule has 1 saturated heterocycles. The second kappa shape index (κ2) is 4.98. The number of para-hydroxylation sites is 1. The van der Waals surface area contributed by atoms with Gasteiger partial charge in [-0.3, -0.25) is 4.79 Å². The number of hydrogen-bond acceptors (Lipinski definition) is 5. The number of piperidine rings is 1. The molecule has 0 radical (unpaired) electrons. The average molecular weight is 296 g/mol. The number of hydrogen-bond donors (Lipinski definition) is 1. The Balaban J connectivity index is 1.71. The van der Waals surface area contributed by atoms with E-state index in [1.165, 1.54) is 6.33 Å². The van der Waals surface area contributed by atoms with E-state index in [1.54, 1.807) is 4.90 Å². The Morgan fingerprint density at radius 3 is 3.05 bits per heavy atom. The molecule has 1 atom stereocenters. The Hall–Kier alpha value is -2.63. The first-order chi connectivity index (χ1) is 10.7. The molecular formula is C16H16N4O2. The number of fused-ring (bicyclic) bond motifs is 3. The van der Waals surface area contributed by atoms with Crippen molar-refractivity contribution in [3.8, 4) is 0 Å². The topological polar surface area (TPSA) is 71.3 Å². The van der Waals surface area contributed by atoms with Crippen molar-refractivity contribution >= 4 is 33.8 Å². The second-order valence-corrected chi connectivity index (χ2v) is 5.65. The van der Waals surface area contributed by atoms with Crippen molar-refractivity contribution in [1.29, 1.82) is 0 Å². The largest absolute Gasteiger partial charge is 0.450 e. The van der Waals surface area contributed by atoms with Gasteiger partial charge in [-0.1, -0.05) is 12.1 Å². The SMILES string of the molecule is CN1CCC(Nc2ncnc3c2oc2ccccc23)CC1=O. The summed E-state index contributed by atoms with van der Waals surface area (Å²) >= 11 is 0. The molecule has 0 aliphatic carbocycles. The number of likely N-dealkylation sites (tertiary alicyclic amines) is 1. The van der Waals surface area contributed by atoms with Crippen LogP contribution in [0.1, 0.15) is 12.8 Å². The highest BCUT2D eigenvalue weighted by Gasteiger charge is 2.24. The van der Waals surface area contributed by atoms with E-state index in [9.17, 15) is 4.79 Å². The molecule has 1 aromatic carbocycles. The van der Waals surface area contributed by atoms with Gasteiger partial charge in [0.2, 0.25) is 5.91 Å². The Labute approximate surface area is 127 Å². The van der Waals surface area contributed by atoms with Crippen molar-refractivity contribution < 1.29 is 9.21 Å². The van der Waals surface area contributed by atoms with E-state index in [-0.39, 0.29) is 11.9 Å². The lowest BCUT2D eigenvalue weighted by molar-refractivity contribution is -0.132. The second-order valence-electron chi connectivity index (χ2n) is 5.65. The molecule has 3 aromatic rings. The predicted molar refractivity (Wildman–Crippen MR) is 83.6 cm³/mol. The van der Waals surface area contributed by atoms with Crippen LogP contribution in [0, 0.1) is 0 Å². The standard InChI is InChI=1S/C16H16N4O2/c1-20-7-6-10(8-13(20)21)19-16-15-14(17-9-18-16)11-4-2-3-5-12(11)22-15/h2-5,9-10H,6-8H2,1H3,(H,17,18,19). The average Bonchev–Trinajstić information content (AvgIpc) is 2.91. The van der Waals surface area contributed by atoms with Crippen molar-refractivity contribution in [3.63, 3.8) is 0 Å². The molecule has 1 N–H and O–H groups in total. The van der Waals surface area contributed by atoms with Crippen molar-refractivity contribution in [1.82, 2.24) is 14.9 Å². The Morgan fingerprint density at radius 2 is 2.18 bits per heavy atom. The summed E-state index contributed by atoms with van der Waals surface area (Å²) in [5, 5.41) is 4.32. The van der Waals surface area contributed by atoms with Gasteiger partial charge in [0, 0.05) is 31.4 Å². The molecule has 0 bridgehead atoms. The van der Waals surface area contributed by atoms with Crippen LogP contribution in [0.5, 0.6) is 0 Å². The highest BCUT2D eigenvalue weighted by atomic mass is 16.3. The van der Waals surface area contributed by atoms with E-state index in [4.69, 9.17) is 4.42 Å². The first kappa shape index (κ1) is 13.1. The van der Waals surface area contributed by atoms with Gasteiger partial charge in [0.15, 0.2) is 11.4 Å². The minimum atomic E-state index is 0.0787. The summed E-state index contributed by atoms with van der Waals surface area (Å²) in [5.74, 6) is 0.808. The summed E-state index contributed by atoms with van der Waals surface area (Å²) in [4.78, 5) is 22.2. The van der Waals surface area contributed by atoms with Crippen LogP contribution in [-0.2, 0) is 4.79 Å². The van der Waals surface area contributed by atoms with Gasteiger partial charge in [-0.2, -0.15) is 0 Å². The molecule has 22 heavy (non-hydrogen) atoms. The van der Waals surface area contributed by atoms with Crippen molar-refractivity contribution in [2.24, 2.45) is 0 Å². The quantitative estimate of drug-likeness (QED) is 0.786. The van der Waals surface area contributed by atoms with Gasteiger partial charge < -0.3 is 14.6 Å². The van der Waals surface area contributed by atoms with Crippen LogP contribution in [0.4, 0.5) is 5.82 Å². The van der Waals surface area contributed by atoms with Crippen LogP contribution < -0.4 is 5.32 Å². The molecule has 1 unspecified atom stereocenters. The normalized spacial score (nSPS) is 19.0. The van der Waals surface area contributed by atoms with Gasteiger partial charge in [0.1, 0.15) is 17.4 Å². The number of furan rings is 1. The zero-order valence-corrected chi connectivity index (χ0v) is 12.2. The highest BCUT2D eigenvalue weighted by molar-refractivity contribution is 6.05. The Kier molecular flexibility index (Phi) is 2.96. The summed E-state index contributed by atoms with van der Waals surface area (Å²) in [6.45, 7) is 0.755.